The lowest BCUT2D eigenvalue weighted by atomic mass is 9.91. The second kappa shape index (κ2) is 8.37. The molecule has 3 atom stereocenters. The monoisotopic (exact) mass is 461 g/mol. The smallest absolute Gasteiger partial charge is 0.410 e. The molecule has 5 rings (SSSR count). The molecule has 3 aliphatic rings. The highest BCUT2D eigenvalue weighted by atomic mass is 35.5. The summed E-state index contributed by atoms with van der Waals surface area (Å²) in [5, 5.41) is 6.45. The van der Waals surface area contributed by atoms with E-state index >= 15 is 0 Å². The molecule has 3 unspecified atom stereocenters. The number of hydrogen-bond donors (Lipinski definition) is 0. The Morgan fingerprint density at radius 3 is 2.56 bits per heavy atom. The first kappa shape index (κ1) is 21.8. The number of aromatic nitrogens is 3. The van der Waals surface area contributed by atoms with E-state index < -0.39 is 5.60 Å². The molecule has 3 aliphatic heterocycles. The zero-order valence-corrected chi connectivity index (χ0v) is 19.8. The van der Waals surface area contributed by atoms with E-state index in [1.807, 2.05) is 42.6 Å². The van der Waals surface area contributed by atoms with Gasteiger partial charge in [0.05, 0.1) is 23.0 Å². The number of piperidine rings is 1. The van der Waals surface area contributed by atoms with E-state index in [0.29, 0.717) is 5.15 Å². The van der Waals surface area contributed by atoms with Crippen LogP contribution in [0.25, 0.3) is 10.9 Å². The van der Waals surface area contributed by atoms with E-state index in [4.69, 9.17) is 26.2 Å². The van der Waals surface area contributed by atoms with Crippen molar-refractivity contribution in [2.75, 3.05) is 24.6 Å². The van der Waals surface area contributed by atoms with Crippen LogP contribution in [0.2, 0.25) is 5.15 Å². The molecule has 32 heavy (non-hydrogen) atoms. The number of carbonyl (C=O) groups excluding carboxylic acids is 1. The predicted octanol–water partition coefficient (Wildman–Crippen LogP) is 4.76. The molecule has 0 spiro atoms. The van der Waals surface area contributed by atoms with Gasteiger partial charge in [0.1, 0.15) is 10.8 Å². The van der Waals surface area contributed by atoms with Gasteiger partial charge in [-0.05, 0) is 59.3 Å². The highest BCUT2D eigenvalue weighted by Crippen LogP contribution is 2.37. The summed E-state index contributed by atoms with van der Waals surface area (Å²) in [7, 11) is 0. The van der Waals surface area contributed by atoms with Crippen molar-refractivity contribution in [2.45, 2.75) is 83.2 Å². The van der Waals surface area contributed by atoms with Crippen LogP contribution in [0, 0.1) is 0 Å². The van der Waals surface area contributed by atoms with Crippen LogP contribution in [0.3, 0.4) is 0 Å². The van der Waals surface area contributed by atoms with Crippen molar-refractivity contribution in [1.29, 1.82) is 0 Å². The molecule has 0 N–H and O–H groups in total. The van der Waals surface area contributed by atoms with Gasteiger partial charge in [0.15, 0.2) is 12.0 Å². The topological polar surface area (TPSA) is 72.7 Å². The first-order valence-corrected chi connectivity index (χ1v) is 12.1. The summed E-state index contributed by atoms with van der Waals surface area (Å²) < 4.78 is 13.7. The third-order valence-electron chi connectivity index (χ3n) is 6.59. The van der Waals surface area contributed by atoms with E-state index in [0.717, 1.165) is 74.9 Å². The van der Waals surface area contributed by atoms with Gasteiger partial charge in [0.2, 0.25) is 0 Å². The third-order valence-corrected chi connectivity index (χ3v) is 6.80. The molecule has 2 aromatic rings. The summed E-state index contributed by atoms with van der Waals surface area (Å²) in [5.41, 5.74) is 0.453. The summed E-state index contributed by atoms with van der Waals surface area (Å²) in [4.78, 5) is 21.6. The Morgan fingerprint density at radius 2 is 1.91 bits per heavy atom. The normalized spacial score (nSPS) is 26.4. The van der Waals surface area contributed by atoms with Crippen molar-refractivity contribution in [3.63, 3.8) is 0 Å². The number of carbonyl (C=O) groups is 1. The molecule has 0 radical (unpaired) electrons. The Balaban J connectivity index is 1.46. The molecule has 174 valence electrons. The maximum absolute atomic E-state index is 13.0. The van der Waals surface area contributed by atoms with E-state index in [2.05, 4.69) is 9.88 Å². The molecular formula is C23H32ClN5O3. The van der Waals surface area contributed by atoms with Gasteiger partial charge in [0, 0.05) is 32.0 Å². The Hall–Kier alpha value is -2.06. The molecule has 9 heteroatoms. The van der Waals surface area contributed by atoms with Gasteiger partial charge >= 0.3 is 6.09 Å². The number of nitrogens with zero attached hydrogens (tertiary/aromatic N) is 5. The maximum atomic E-state index is 13.0. The molecule has 1 amide bonds. The lowest BCUT2D eigenvalue weighted by Gasteiger charge is -2.50. The molecule has 3 saturated heterocycles. The number of hydrogen-bond acceptors (Lipinski definition) is 6. The Morgan fingerprint density at radius 1 is 1.16 bits per heavy atom. The number of rotatable bonds is 2. The van der Waals surface area contributed by atoms with Gasteiger partial charge < -0.3 is 14.4 Å². The number of halogens is 1. The van der Waals surface area contributed by atoms with E-state index in [1.165, 1.54) is 0 Å². The van der Waals surface area contributed by atoms with Crippen LogP contribution in [-0.2, 0) is 9.47 Å². The molecule has 0 aromatic carbocycles. The van der Waals surface area contributed by atoms with Crippen molar-refractivity contribution in [2.24, 2.45) is 0 Å². The van der Waals surface area contributed by atoms with Crippen LogP contribution in [0.15, 0.2) is 12.3 Å². The number of piperazine rings is 1. The quantitative estimate of drug-likeness (QED) is 0.600. The Bertz CT molecular complexity index is 983. The average Bonchev–Trinajstić information content (AvgIpc) is 3.11. The lowest BCUT2D eigenvalue weighted by molar-refractivity contribution is -0.0366. The van der Waals surface area contributed by atoms with Gasteiger partial charge in [-0.2, -0.15) is 5.10 Å². The van der Waals surface area contributed by atoms with Crippen LogP contribution >= 0.6 is 11.6 Å². The highest BCUT2D eigenvalue weighted by molar-refractivity contribution is 6.30. The number of amides is 1. The first-order valence-electron chi connectivity index (χ1n) is 11.7. The van der Waals surface area contributed by atoms with Crippen molar-refractivity contribution in [3.8, 4) is 0 Å². The average molecular weight is 462 g/mol. The third kappa shape index (κ3) is 4.15. The van der Waals surface area contributed by atoms with Crippen molar-refractivity contribution in [1.82, 2.24) is 19.7 Å². The highest BCUT2D eigenvalue weighted by Gasteiger charge is 2.43. The fraction of sp³-hybridized carbons (Fsp3) is 0.696. The standard InChI is InChI=1S/C23H32ClN5O3/c1-23(2,3)32-22(30)28-15-7-6-8-16(28)14-27(13-15)21-17-12-25-19(24)11-18(17)29(26-21)20-9-4-5-10-31-20/h11-12,15-16,20H,4-10,13-14H2,1-3H3. The van der Waals surface area contributed by atoms with Gasteiger partial charge in [0.25, 0.3) is 0 Å². The SMILES string of the molecule is CC(C)(C)OC(=O)N1C2CCCC1CN(c1nn(C3CCCCO3)c3cc(Cl)ncc13)C2. The van der Waals surface area contributed by atoms with Crippen LogP contribution in [0.5, 0.6) is 0 Å². The van der Waals surface area contributed by atoms with Crippen LogP contribution in [-0.4, -0.2) is 63.1 Å². The predicted molar refractivity (Wildman–Crippen MR) is 123 cm³/mol. The minimum absolute atomic E-state index is 0.0824. The van der Waals surface area contributed by atoms with Crippen molar-refractivity contribution >= 4 is 34.4 Å². The largest absolute Gasteiger partial charge is 0.444 e. The summed E-state index contributed by atoms with van der Waals surface area (Å²) in [5.74, 6) is 0.902. The second-order valence-electron chi connectivity index (χ2n) is 10.1. The molecule has 3 fully saturated rings. The molecule has 0 saturated carbocycles. The van der Waals surface area contributed by atoms with Gasteiger partial charge in [-0.1, -0.05) is 11.6 Å². The summed E-state index contributed by atoms with van der Waals surface area (Å²) in [6.45, 7) is 7.97. The zero-order valence-electron chi connectivity index (χ0n) is 19.1. The molecule has 0 aliphatic carbocycles. The van der Waals surface area contributed by atoms with Crippen LogP contribution < -0.4 is 4.90 Å². The summed E-state index contributed by atoms with van der Waals surface area (Å²) in [6.07, 6.45) is 7.75. The first-order chi connectivity index (χ1) is 15.3. The number of fused-ring (bicyclic) bond motifs is 3. The van der Waals surface area contributed by atoms with Gasteiger partial charge in [-0.3, -0.25) is 4.90 Å². The van der Waals surface area contributed by atoms with Gasteiger partial charge in [-0.25, -0.2) is 14.5 Å². The zero-order chi connectivity index (χ0) is 22.5. The molecule has 8 nitrogen and oxygen atoms in total. The van der Waals surface area contributed by atoms with E-state index in [-0.39, 0.29) is 24.4 Å². The van der Waals surface area contributed by atoms with Crippen LogP contribution in [0.1, 0.15) is 65.5 Å². The molecule has 2 aromatic heterocycles. The van der Waals surface area contributed by atoms with Crippen molar-refractivity contribution < 1.29 is 14.3 Å². The number of ether oxygens (including phenoxy) is 2. The Labute approximate surface area is 193 Å². The van der Waals surface area contributed by atoms with E-state index in [1.54, 1.807) is 0 Å². The summed E-state index contributed by atoms with van der Waals surface area (Å²) in [6, 6.07) is 2.11. The summed E-state index contributed by atoms with van der Waals surface area (Å²) >= 11 is 6.24. The number of pyridine rings is 1. The molecular weight excluding hydrogens is 430 g/mol. The van der Waals surface area contributed by atoms with E-state index in [9.17, 15) is 4.79 Å². The van der Waals surface area contributed by atoms with Crippen molar-refractivity contribution in [3.05, 3.63) is 17.4 Å². The maximum Gasteiger partial charge on any atom is 0.410 e. The second-order valence-corrected chi connectivity index (χ2v) is 10.5. The minimum atomic E-state index is -0.498. The lowest BCUT2D eigenvalue weighted by Crippen LogP contribution is -2.63. The molecule has 2 bridgehead atoms. The molecule has 5 heterocycles. The Kier molecular flexibility index (Phi) is 5.70. The fourth-order valence-corrected chi connectivity index (χ4v) is 5.41. The minimum Gasteiger partial charge on any atom is -0.444 e. The fourth-order valence-electron chi connectivity index (χ4n) is 5.25. The number of anilines is 1. The van der Waals surface area contributed by atoms with Gasteiger partial charge in [-0.15, -0.1) is 0 Å². The van der Waals surface area contributed by atoms with Crippen LogP contribution in [0.4, 0.5) is 10.6 Å².